The number of primary amides is 1. The van der Waals surface area contributed by atoms with Gasteiger partial charge in [-0.05, 0) is 49.3 Å². The van der Waals surface area contributed by atoms with E-state index in [1.807, 2.05) is 0 Å². The van der Waals surface area contributed by atoms with Crippen molar-refractivity contribution in [2.75, 3.05) is 0 Å². The number of carbonyl (C=O) groups excluding carboxylic acids is 1. The molecule has 2 saturated carbocycles. The topological polar surface area (TPSA) is 43.1 Å². The predicted octanol–water partition coefficient (Wildman–Crippen LogP) is 5.96. The minimum absolute atomic E-state index is 0.147. The van der Waals surface area contributed by atoms with Gasteiger partial charge in [-0.2, -0.15) is 26.3 Å². The van der Waals surface area contributed by atoms with Gasteiger partial charge >= 0.3 is 12.4 Å². The van der Waals surface area contributed by atoms with Crippen LogP contribution in [-0.4, -0.2) is 12.1 Å². The quantitative estimate of drug-likeness (QED) is 0.617. The highest BCUT2D eigenvalue weighted by molar-refractivity contribution is 5.82. The van der Waals surface area contributed by atoms with Gasteiger partial charge in [0.15, 0.2) is 0 Å². The Hall–Kier alpha value is -1.73. The Morgan fingerprint density at radius 2 is 1.37 bits per heavy atom. The molecule has 0 spiro atoms. The zero-order valence-corrected chi connectivity index (χ0v) is 14.8. The van der Waals surface area contributed by atoms with Crippen molar-refractivity contribution in [2.24, 2.45) is 11.1 Å². The highest BCUT2D eigenvalue weighted by atomic mass is 19.4. The summed E-state index contributed by atoms with van der Waals surface area (Å²) in [6.07, 6.45) is -3.49. The SMILES string of the molecule is FC(F)(F)c1ccc(C2CCCC2)cc1.NC(=O)C1(C(F)(F)F)CCCC1. The molecule has 152 valence electrons. The van der Waals surface area contributed by atoms with E-state index in [4.69, 9.17) is 5.73 Å². The maximum atomic E-state index is 12.4. The van der Waals surface area contributed by atoms with Crippen LogP contribution in [0.15, 0.2) is 24.3 Å². The van der Waals surface area contributed by atoms with Gasteiger partial charge in [-0.3, -0.25) is 4.79 Å². The Morgan fingerprint density at radius 3 is 1.70 bits per heavy atom. The first kappa shape index (κ1) is 21.6. The molecule has 0 bridgehead atoms. The third-order valence-electron chi connectivity index (χ3n) is 5.54. The third-order valence-corrected chi connectivity index (χ3v) is 5.54. The molecule has 1 aromatic carbocycles. The molecule has 2 aliphatic carbocycles. The molecule has 0 aromatic heterocycles. The average molecular weight is 395 g/mol. The highest BCUT2D eigenvalue weighted by Crippen LogP contribution is 2.50. The van der Waals surface area contributed by atoms with Crippen LogP contribution < -0.4 is 5.73 Å². The molecule has 0 atom stereocenters. The van der Waals surface area contributed by atoms with E-state index in [1.165, 1.54) is 25.0 Å². The molecule has 2 fully saturated rings. The Bertz CT molecular complexity index is 623. The second-order valence-corrected chi connectivity index (χ2v) is 7.25. The van der Waals surface area contributed by atoms with Gasteiger partial charge in [-0.1, -0.05) is 37.8 Å². The van der Waals surface area contributed by atoms with E-state index >= 15 is 0 Å². The molecule has 3 rings (SSSR count). The Balaban J connectivity index is 0.000000199. The van der Waals surface area contributed by atoms with Crippen LogP contribution >= 0.6 is 0 Å². The molecule has 1 amide bonds. The summed E-state index contributed by atoms with van der Waals surface area (Å²) in [5.74, 6) is -0.750. The zero-order valence-electron chi connectivity index (χ0n) is 14.8. The largest absolute Gasteiger partial charge is 0.416 e. The first-order valence-electron chi connectivity index (χ1n) is 9.01. The van der Waals surface area contributed by atoms with Crippen LogP contribution in [0.1, 0.15) is 68.4 Å². The zero-order chi connectivity index (χ0) is 20.3. The summed E-state index contributed by atoms with van der Waals surface area (Å²) >= 11 is 0. The fraction of sp³-hybridized carbons (Fsp3) is 0.632. The van der Waals surface area contributed by atoms with E-state index in [0.29, 0.717) is 18.8 Å². The number of amides is 1. The van der Waals surface area contributed by atoms with Crippen molar-refractivity contribution in [1.82, 2.24) is 0 Å². The molecular weight excluding hydrogens is 372 g/mol. The van der Waals surface area contributed by atoms with Crippen LogP contribution in [0.25, 0.3) is 0 Å². The van der Waals surface area contributed by atoms with Crippen LogP contribution in [-0.2, 0) is 11.0 Å². The number of benzene rings is 1. The van der Waals surface area contributed by atoms with Gasteiger partial charge in [0, 0.05) is 0 Å². The van der Waals surface area contributed by atoms with Crippen molar-refractivity contribution in [3.05, 3.63) is 35.4 Å². The third kappa shape index (κ3) is 4.96. The van der Waals surface area contributed by atoms with Crippen LogP contribution in [0, 0.1) is 5.41 Å². The average Bonchev–Trinajstić information content (AvgIpc) is 3.26. The maximum Gasteiger partial charge on any atom is 0.416 e. The lowest BCUT2D eigenvalue weighted by Crippen LogP contribution is -2.46. The second kappa shape index (κ2) is 8.10. The molecule has 2 nitrogen and oxygen atoms in total. The molecule has 0 heterocycles. The first-order chi connectivity index (χ1) is 12.5. The summed E-state index contributed by atoms with van der Waals surface area (Å²) in [4.78, 5) is 10.7. The van der Waals surface area contributed by atoms with Crippen LogP contribution in [0.2, 0.25) is 0 Å². The Kier molecular flexibility index (Phi) is 6.47. The van der Waals surface area contributed by atoms with Gasteiger partial charge in [0.05, 0.1) is 5.56 Å². The predicted molar refractivity (Wildman–Crippen MR) is 88.8 cm³/mol. The fourth-order valence-electron chi connectivity index (χ4n) is 3.85. The van der Waals surface area contributed by atoms with Crippen molar-refractivity contribution in [1.29, 1.82) is 0 Å². The fourth-order valence-corrected chi connectivity index (χ4v) is 3.85. The molecule has 0 radical (unpaired) electrons. The van der Waals surface area contributed by atoms with Crippen molar-refractivity contribution in [2.45, 2.75) is 69.6 Å². The molecule has 0 aliphatic heterocycles. The second-order valence-electron chi connectivity index (χ2n) is 7.25. The van der Waals surface area contributed by atoms with E-state index in [0.717, 1.165) is 18.4 Å². The lowest BCUT2D eigenvalue weighted by atomic mass is 9.85. The highest BCUT2D eigenvalue weighted by Gasteiger charge is 2.60. The number of alkyl halides is 6. The summed E-state index contributed by atoms with van der Waals surface area (Å²) in [6.45, 7) is 0. The van der Waals surface area contributed by atoms with Crippen molar-refractivity contribution in [3.8, 4) is 0 Å². The minimum Gasteiger partial charge on any atom is -0.369 e. The van der Waals surface area contributed by atoms with Gasteiger partial charge in [0.25, 0.3) is 0 Å². The van der Waals surface area contributed by atoms with Gasteiger partial charge in [-0.25, -0.2) is 0 Å². The Morgan fingerprint density at radius 1 is 0.889 bits per heavy atom. The number of halogens is 6. The van der Waals surface area contributed by atoms with E-state index < -0.39 is 29.2 Å². The number of hydrogen-bond donors (Lipinski definition) is 1. The van der Waals surface area contributed by atoms with Gasteiger partial charge in [0.2, 0.25) is 5.91 Å². The lowest BCUT2D eigenvalue weighted by Gasteiger charge is -2.27. The van der Waals surface area contributed by atoms with E-state index in [2.05, 4.69) is 0 Å². The molecule has 27 heavy (non-hydrogen) atoms. The number of hydrogen-bond acceptors (Lipinski definition) is 1. The van der Waals surface area contributed by atoms with Gasteiger partial charge < -0.3 is 5.73 Å². The molecule has 8 heteroatoms. The van der Waals surface area contributed by atoms with E-state index in [-0.39, 0.29) is 12.8 Å². The molecular formula is C19H23F6NO. The smallest absolute Gasteiger partial charge is 0.369 e. The molecule has 2 aliphatic rings. The standard InChI is InChI=1S/C12H13F3.C7H10F3NO/c13-12(14,15)11-7-5-10(6-8-11)9-3-1-2-4-9;8-7(9,10)6(5(11)12)3-1-2-4-6/h5-9H,1-4H2;1-4H2,(H2,11,12). The van der Waals surface area contributed by atoms with E-state index in [9.17, 15) is 31.1 Å². The first-order valence-corrected chi connectivity index (χ1v) is 9.01. The van der Waals surface area contributed by atoms with Crippen LogP contribution in [0.3, 0.4) is 0 Å². The summed E-state index contributed by atoms with van der Waals surface area (Å²) in [6, 6.07) is 5.62. The normalized spacial score (nSPS) is 20.2. The molecule has 2 N–H and O–H groups in total. The van der Waals surface area contributed by atoms with Crippen molar-refractivity contribution < 1.29 is 31.1 Å². The lowest BCUT2D eigenvalue weighted by molar-refractivity contribution is -0.218. The monoisotopic (exact) mass is 395 g/mol. The van der Waals surface area contributed by atoms with Gasteiger partial charge in [0.1, 0.15) is 5.41 Å². The van der Waals surface area contributed by atoms with Gasteiger partial charge in [-0.15, -0.1) is 0 Å². The summed E-state index contributed by atoms with van der Waals surface area (Å²) < 4.78 is 74.0. The van der Waals surface area contributed by atoms with Crippen molar-refractivity contribution in [3.63, 3.8) is 0 Å². The molecule has 1 aromatic rings. The van der Waals surface area contributed by atoms with Crippen LogP contribution in [0.4, 0.5) is 26.3 Å². The van der Waals surface area contributed by atoms with E-state index in [1.54, 1.807) is 12.1 Å². The number of nitrogens with two attached hydrogens (primary N) is 1. The summed E-state index contributed by atoms with van der Waals surface area (Å²) in [5, 5.41) is 0. The minimum atomic E-state index is -4.48. The molecule has 0 saturated heterocycles. The van der Waals surface area contributed by atoms with Crippen LogP contribution in [0.5, 0.6) is 0 Å². The Labute approximate surface area is 154 Å². The summed E-state index contributed by atoms with van der Waals surface area (Å²) in [7, 11) is 0. The number of carbonyl (C=O) groups is 1. The maximum absolute atomic E-state index is 12.4. The number of rotatable bonds is 2. The summed E-state index contributed by atoms with van der Waals surface area (Å²) in [5.41, 5.74) is 3.04. The van der Waals surface area contributed by atoms with Crippen molar-refractivity contribution >= 4 is 5.91 Å². The molecule has 0 unspecified atom stereocenters.